The Morgan fingerprint density at radius 2 is 1.19 bits per heavy atom. The first-order valence-electron chi connectivity index (χ1n) is 6.93. The Balaban J connectivity index is 1.89. The fraction of sp³-hybridized carbons (Fsp3) is 0.294. The van der Waals surface area contributed by atoms with E-state index in [0.29, 0.717) is 10.0 Å². The molecule has 1 fully saturated rings. The van der Waals surface area contributed by atoms with Gasteiger partial charge in [-0.1, -0.05) is 59.6 Å². The summed E-state index contributed by atoms with van der Waals surface area (Å²) < 4.78 is 6.24. The van der Waals surface area contributed by atoms with Gasteiger partial charge in [0.2, 0.25) is 0 Å². The van der Waals surface area contributed by atoms with E-state index in [1.165, 1.54) is 0 Å². The van der Waals surface area contributed by atoms with Crippen molar-refractivity contribution in [2.75, 3.05) is 0 Å². The Morgan fingerprint density at radius 1 is 0.762 bits per heavy atom. The van der Waals surface area contributed by atoms with E-state index < -0.39 is 0 Å². The van der Waals surface area contributed by atoms with E-state index in [4.69, 9.17) is 39.5 Å². The third-order valence-electron chi connectivity index (χ3n) is 3.77. The van der Waals surface area contributed by atoms with Crippen LogP contribution in [0.5, 0.6) is 0 Å². The largest absolute Gasteiger partial charge is 0.365 e. The van der Waals surface area contributed by atoms with Crippen molar-refractivity contribution in [1.29, 1.82) is 0 Å². The molecule has 0 radical (unpaired) electrons. The summed E-state index contributed by atoms with van der Waals surface area (Å²) in [4.78, 5) is 0. The van der Waals surface area contributed by atoms with Crippen molar-refractivity contribution in [2.45, 2.75) is 30.4 Å². The first-order chi connectivity index (χ1) is 10.1. The number of halogens is 3. The molecule has 0 aromatic heterocycles. The zero-order valence-electron chi connectivity index (χ0n) is 11.3. The number of hydrogen-bond acceptors (Lipinski definition) is 1. The van der Waals surface area contributed by atoms with Gasteiger partial charge in [0.1, 0.15) is 0 Å². The summed E-state index contributed by atoms with van der Waals surface area (Å²) in [6.07, 6.45) is 1.31. The SMILES string of the molecule is Clc1ccccc1[C@@H]1CC(Cl)C[C@H](c2ccccc2Cl)O1. The fourth-order valence-corrected chi connectivity index (χ4v) is 3.58. The van der Waals surface area contributed by atoms with Crippen molar-refractivity contribution in [3.63, 3.8) is 0 Å². The molecule has 1 aliphatic heterocycles. The molecule has 0 bridgehead atoms. The molecule has 21 heavy (non-hydrogen) atoms. The van der Waals surface area contributed by atoms with Gasteiger partial charge >= 0.3 is 0 Å². The molecule has 3 rings (SSSR count). The highest BCUT2D eigenvalue weighted by atomic mass is 35.5. The number of ether oxygens (including phenoxy) is 1. The van der Waals surface area contributed by atoms with E-state index in [9.17, 15) is 0 Å². The Kier molecular flexibility index (Phi) is 4.75. The molecule has 2 aromatic rings. The van der Waals surface area contributed by atoms with Gasteiger partial charge in [-0.2, -0.15) is 0 Å². The van der Waals surface area contributed by atoms with Crippen LogP contribution < -0.4 is 0 Å². The first-order valence-corrected chi connectivity index (χ1v) is 8.12. The Morgan fingerprint density at radius 3 is 1.62 bits per heavy atom. The Labute approximate surface area is 139 Å². The molecular weight excluding hydrogens is 327 g/mol. The monoisotopic (exact) mass is 340 g/mol. The second-order valence-corrected chi connectivity index (χ2v) is 6.66. The van der Waals surface area contributed by atoms with E-state index in [-0.39, 0.29) is 17.6 Å². The molecule has 0 aliphatic carbocycles. The molecule has 110 valence electrons. The van der Waals surface area contributed by atoms with Crippen molar-refractivity contribution in [2.24, 2.45) is 0 Å². The molecule has 1 nitrogen and oxygen atoms in total. The molecule has 3 atom stereocenters. The summed E-state index contributed by atoms with van der Waals surface area (Å²) in [5, 5.41) is 1.47. The van der Waals surface area contributed by atoms with Crippen LogP contribution in [0.15, 0.2) is 48.5 Å². The minimum Gasteiger partial charge on any atom is -0.365 e. The lowest BCUT2D eigenvalue weighted by molar-refractivity contribution is -0.0515. The molecule has 0 amide bonds. The standard InChI is InChI=1S/C17H15Cl3O/c18-11-9-16(12-5-1-3-7-14(12)19)21-17(10-11)13-6-2-4-8-15(13)20/h1-8,11,16-17H,9-10H2/t11?,16-,17+. The molecule has 0 N–H and O–H groups in total. The molecule has 4 heteroatoms. The topological polar surface area (TPSA) is 9.23 Å². The lowest BCUT2D eigenvalue weighted by Crippen LogP contribution is -2.24. The highest BCUT2D eigenvalue weighted by Crippen LogP contribution is 2.43. The van der Waals surface area contributed by atoms with Crippen LogP contribution in [-0.2, 0) is 4.74 Å². The Hall–Kier alpha value is -0.730. The van der Waals surface area contributed by atoms with Crippen LogP contribution in [0.2, 0.25) is 10.0 Å². The van der Waals surface area contributed by atoms with Crippen LogP contribution in [0.25, 0.3) is 0 Å². The van der Waals surface area contributed by atoms with Crippen molar-refractivity contribution in [1.82, 2.24) is 0 Å². The summed E-state index contributed by atoms with van der Waals surface area (Å²) in [6, 6.07) is 15.5. The fourth-order valence-electron chi connectivity index (χ4n) is 2.74. The van der Waals surface area contributed by atoms with Crippen LogP contribution in [0.1, 0.15) is 36.2 Å². The number of benzene rings is 2. The minimum absolute atomic E-state index is 0.0429. The van der Waals surface area contributed by atoms with E-state index in [1.807, 2.05) is 48.5 Å². The maximum absolute atomic E-state index is 6.44. The van der Waals surface area contributed by atoms with E-state index >= 15 is 0 Å². The molecule has 1 unspecified atom stereocenters. The van der Waals surface area contributed by atoms with Gasteiger partial charge in [-0.25, -0.2) is 0 Å². The van der Waals surface area contributed by atoms with Gasteiger partial charge in [-0.3, -0.25) is 0 Å². The Bertz CT molecular complexity index is 575. The second-order valence-electron chi connectivity index (χ2n) is 5.23. The minimum atomic E-state index is -0.101. The summed E-state index contributed by atoms with van der Waals surface area (Å²) in [5.74, 6) is 0. The molecule has 0 spiro atoms. The third kappa shape index (κ3) is 3.37. The summed E-state index contributed by atoms with van der Waals surface area (Å²) >= 11 is 19.0. The maximum Gasteiger partial charge on any atom is 0.0861 e. The predicted octanol–water partition coefficient (Wildman–Crippen LogP) is 6.19. The van der Waals surface area contributed by atoms with Gasteiger partial charge in [-0.15, -0.1) is 11.6 Å². The highest BCUT2D eigenvalue weighted by molar-refractivity contribution is 6.31. The summed E-state index contributed by atoms with van der Waals surface area (Å²) in [7, 11) is 0. The van der Waals surface area contributed by atoms with E-state index in [1.54, 1.807) is 0 Å². The third-order valence-corrected chi connectivity index (χ3v) is 4.82. The average molecular weight is 342 g/mol. The number of alkyl halides is 1. The smallest absolute Gasteiger partial charge is 0.0861 e. The van der Waals surface area contributed by atoms with Crippen LogP contribution in [0.4, 0.5) is 0 Å². The molecular formula is C17H15Cl3O. The molecule has 1 saturated heterocycles. The van der Waals surface area contributed by atoms with Crippen LogP contribution in [0, 0.1) is 0 Å². The molecule has 2 aromatic carbocycles. The number of rotatable bonds is 2. The van der Waals surface area contributed by atoms with Crippen molar-refractivity contribution in [3.8, 4) is 0 Å². The average Bonchev–Trinajstić information content (AvgIpc) is 2.47. The highest BCUT2D eigenvalue weighted by Gasteiger charge is 2.32. The zero-order chi connectivity index (χ0) is 14.8. The van der Waals surface area contributed by atoms with Crippen LogP contribution in [-0.4, -0.2) is 5.38 Å². The lowest BCUT2D eigenvalue weighted by Gasteiger charge is -2.34. The van der Waals surface area contributed by atoms with E-state index in [0.717, 1.165) is 24.0 Å². The van der Waals surface area contributed by atoms with E-state index in [2.05, 4.69) is 0 Å². The van der Waals surface area contributed by atoms with Crippen molar-refractivity contribution >= 4 is 34.8 Å². The quantitative estimate of drug-likeness (QED) is 0.591. The molecule has 1 heterocycles. The second kappa shape index (κ2) is 6.58. The maximum atomic E-state index is 6.44. The zero-order valence-corrected chi connectivity index (χ0v) is 13.6. The van der Waals surface area contributed by atoms with Gasteiger partial charge in [0.15, 0.2) is 0 Å². The number of hydrogen-bond donors (Lipinski definition) is 0. The summed E-state index contributed by atoms with van der Waals surface area (Å²) in [6.45, 7) is 0. The van der Waals surface area contributed by atoms with Gasteiger partial charge in [-0.05, 0) is 36.1 Å². The summed E-state index contributed by atoms with van der Waals surface area (Å²) in [5.41, 5.74) is 1.98. The van der Waals surface area contributed by atoms with Gasteiger partial charge in [0.25, 0.3) is 0 Å². The van der Waals surface area contributed by atoms with Crippen LogP contribution in [0.3, 0.4) is 0 Å². The predicted molar refractivity (Wildman–Crippen MR) is 88.3 cm³/mol. The molecule has 0 saturated carbocycles. The lowest BCUT2D eigenvalue weighted by atomic mass is 9.94. The normalized spacial score (nSPS) is 25.8. The molecule has 1 aliphatic rings. The van der Waals surface area contributed by atoms with Crippen molar-refractivity contribution in [3.05, 3.63) is 69.7 Å². The van der Waals surface area contributed by atoms with Crippen LogP contribution >= 0.6 is 34.8 Å². The first kappa shape index (κ1) is 15.2. The van der Waals surface area contributed by atoms with Gasteiger partial charge in [0, 0.05) is 15.4 Å². The van der Waals surface area contributed by atoms with Gasteiger partial charge < -0.3 is 4.74 Å². The van der Waals surface area contributed by atoms with Gasteiger partial charge in [0.05, 0.1) is 12.2 Å². The van der Waals surface area contributed by atoms with Crippen molar-refractivity contribution < 1.29 is 4.74 Å².